The maximum atomic E-state index is 10.5. The van der Waals surface area contributed by atoms with E-state index in [1.54, 1.807) is 0 Å². The molecule has 0 fully saturated rings. The van der Waals surface area contributed by atoms with Crippen molar-refractivity contribution >= 4 is 17.7 Å². The molecule has 0 saturated heterocycles. The van der Waals surface area contributed by atoms with E-state index in [1.165, 1.54) is 0 Å². The van der Waals surface area contributed by atoms with Gasteiger partial charge in [0, 0.05) is 12.1 Å². The molecule has 0 amide bonds. The highest BCUT2D eigenvalue weighted by molar-refractivity contribution is 5.86. The number of rotatable bonds is 3. The fourth-order valence-corrected chi connectivity index (χ4v) is 1.00. The molecule has 78 valence electrons. The van der Waals surface area contributed by atoms with Gasteiger partial charge in [0.2, 0.25) is 0 Å². The van der Waals surface area contributed by atoms with Crippen LogP contribution in [-0.2, 0) is 4.79 Å². The van der Waals surface area contributed by atoms with Crippen LogP contribution in [0.5, 0.6) is 5.75 Å². The predicted molar refractivity (Wildman–Crippen MR) is 51.4 cm³/mol. The Hall–Kier alpha value is -2.37. The zero-order valence-electron chi connectivity index (χ0n) is 7.45. The zero-order valence-corrected chi connectivity index (χ0v) is 7.45. The molecular formula is C9H7NO5. The van der Waals surface area contributed by atoms with E-state index in [-0.39, 0.29) is 17.0 Å². The first-order valence-electron chi connectivity index (χ1n) is 3.89. The monoisotopic (exact) mass is 209 g/mol. The highest BCUT2D eigenvalue weighted by atomic mass is 16.6. The van der Waals surface area contributed by atoms with Crippen LogP contribution in [0.4, 0.5) is 5.69 Å². The molecule has 0 aliphatic carbocycles. The van der Waals surface area contributed by atoms with Crippen molar-refractivity contribution in [1.29, 1.82) is 0 Å². The van der Waals surface area contributed by atoms with Gasteiger partial charge < -0.3 is 10.2 Å². The van der Waals surface area contributed by atoms with Crippen LogP contribution in [0, 0.1) is 10.1 Å². The summed E-state index contributed by atoms with van der Waals surface area (Å²) in [5, 5.41) is 28.0. The van der Waals surface area contributed by atoms with Crippen LogP contribution in [-0.4, -0.2) is 21.1 Å². The second-order valence-electron chi connectivity index (χ2n) is 2.67. The summed E-state index contributed by atoms with van der Waals surface area (Å²) >= 11 is 0. The Morgan fingerprint density at radius 2 is 2.13 bits per heavy atom. The maximum absolute atomic E-state index is 10.5. The molecule has 6 heteroatoms. The Labute approximate surface area is 84.2 Å². The lowest BCUT2D eigenvalue weighted by Crippen LogP contribution is -1.92. The summed E-state index contributed by atoms with van der Waals surface area (Å²) in [5.74, 6) is -1.38. The molecule has 1 rings (SSSR count). The summed E-state index contributed by atoms with van der Waals surface area (Å²) in [7, 11) is 0. The summed E-state index contributed by atoms with van der Waals surface area (Å²) in [6, 6.07) is 3.39. The van der Waals surface area contributed by atoms with Crippen molar-refractivity contribution in [3.8, 4) is 5.75 Å². The Bertz CT molecular complexity index is 438. The van der Waals surface area contributed by atoms with E-state index >= 15 is 0 Å². The number of nitro benzene ring substituents is 1. The van der Waals surface area contributed by atoms with Gasteiger partial charge in [0.1, 0.15) is 5.75 Å². The Kier molecular flexibility index (Phi) is 3.02. The van der Waals surface area contributed by atoms with Crippen LogP contribution in [0.25, 0.3) is 6.08 Å². The van der Waals surface area contributed by atoms with E-state index in [0.717, 1.165) is 30.4 Å². The average Bonchev–Trinajstić information content (AvgIpc) is 2.14. The summed E-state index contributed by atoms with van der Waals surface area (Å²) < 4.78 is 0. The van der Waals surface area contributed by atoms with Gasteiger partial charge in [0.25, 0.3) is 5.69 Å². The smallest absolute Gasteiger partial charge is 0.328 e. The lowest BCUT2D eigenvalue weighted by Gasteiger charge is -1.97. The first kappa shape index (κ1) is 10.7. The molecule has 2 N–H and O–H groups in total. The Morgan fingerprint density at radius 1 is 1.47 bits per heavy atom. The van der Waals surface area contributed by atoms with Crippen molar-refractivity contribution in [2.75, 3.05) is 0 Å². The molecule has 0 aliphatic rings. The molecule has 0 heterocycles. The average molecular weight is 209 g/mol. The number of aromatic hydroxyl groups is 1. The van der Waals surface area contributed by atoms with Crippen LogP contribution in [0.1, 0.15) is 5.56 Å². The standard InChI is InChI=1S/C9H7NO5/c11-7-2-3-8(10(14)15)6(5-7)1-4-9(12)13/h1-5,11H,(H,12,13)/b4-1+. The van der Waals surface area contributed by atoms with Gasteiger partial charge in [-0.3, -0.25) is 10.1 Å². The molecule has 1 aromatic rings. The third kappa shape index (κ3) is 2.80. The van der Waals surface area contributed by atoms with Gasteiger partial charge in [-0.05, 0) is 18.2 Å². The SMILES string of the molecule is O=C(O)/C=C/c1cc(O)ccc1[N+](=O)[O-]. The molecule has 1 aromatic carbocycles. The van der Waals surface area contributed by atoms with Gasteiger partial charge in [-0.1, -0.05) is 0 Å². The lowest BCUT2D eigenvalue weighted by atomic mass is 10.1. The summed E-state index contributed by atoms with van der Waals surface area (Å²) in [4.78, 5) is 20.1. The van der Waals surface area contributed by atoms with Gasteiger partial charge in [0.15, 0.2) is 0 Å². The van der Waals surface area contributed by atoms with E-state index in [2.05, 4.69) is 0 Å². The van der Waals surface area contributed by atoms with Crippen LogP contribution >= 0.6 is 0 Å². The quantitative estimate of drug-likeness (QED) is 0.445. The van der Waals surface area contributed by atoms with Gasteiger partial charge in [-0.15, -0.1) is 0 Å². The van der Waals surface area contributed by atoms with E-state index in [1.807, 2.05) is 0 Å². The Morgan fingerprint density at radius 3 is 2.67 bits per heavy atom. The number of carboxylic acid groups (broad SMARTS) is 1. The molecule has 0 radical (unpaired) electrons. The number of carboxylic acids is 1. The zero-order chi connectivity index (χ0) is 11.4. The molecule has 0 atom stereocenters. The Balaban J connectivity index is 3.18. The van der Waals surface area contributed by atoms with E-state index < -0.39 is 10.9 Å². The minimum atomic E-state index is -1.22. The van der Waals surface area contributed by atoms with Crippen molar-refractivity contribution in [2.24, 2.45) is 0 Å². The molecule has 6 nitrogen and oxygen atoms in total. The fraction of sp³-hybridized carbons (Fsp3) is 0. The third-order valence-electron chi connectivity index (χ3n) is 1.61. The molecule has 0 saturated carbocycles. The van der Waals surface area contributed by atoms with Crippen LogP contribution < -0.4 is 0 Å². The molecule has 0 bridgehead atoms. The summed E-state index contributed by atoms with van der Waals surface area (Å²) in [6.45, 7) is 0. The summed E-state index contributed by atoms with van der Waals surface area (Å²) in [5.41, 5.74) is -0.215. The number of carbonyl (C=O) groups is 1. The lowest BCUT2D eigenvalue weighted by molar-refractivity contribution is -0.385. The molecule has 0 aromatic heterocycles. The van der Waals surface area contributed by atoms with Gasteiger partial charge in [0.05, 0.1) is 10.5 Å². The normalized spacial score (nSPS) is 10.4. The summed E-state index contributed by atoms with van der Waals surface area (Å²) in [6.07, 6.45) is 1.82. The highest BCUT2D eigenvalue weighted by Gasteiger charge is 2.11. The van der Waals surface area contributed by atoms with Crippen molar-refractivity contribution in [2.45, 2.75) is 0 Å². The van der Waals surface area contributed by atoms with Gasteiger partial charge in [-0.25, -0.2) is 4.79 Å². The van der Waals surface area contributed by atoms with Crippen molar-refractivity contribution in [3.05, 3.63) is 40.0 Å². The molecule has 0 spiro atoms. The van der Waals surface area contributed by atoms with Crippen molar-refractivity contribution in [3.63, 3.8) is 0 Å². The third-order valence-corrected chi connectivity index (χ3v) is 1.61. The van der Waals surface area contributed by atoms with Crippen LogP contribution in [0.15, 0.2) is 24.3 Å². The maximum Gasteiger partial charge on any atom is 0.328 e. The van der Waals surface area contributed by atoms with Gasteiger partial charge in [-0.2, -0.15) is 0 Å². The first-order valence-corrected chi connectivity index (χ1v) is 3.89. The fourth-order valence-electron chi connectivity index (χ4n) is 1.00. The van der Waals surface area contributed by atoms with Crippen LogP contribution in [0.3, 0.4) is 0 Å². The molecule has 15 heavy (non-hydrogen) atoms. The second kappa shape index (κ2) is 4.23. The second-order valence-corrected chi connectivity index (χ2v) is 2.67. The topological polar surface area (TPSA) is 101 Å². The number of hydrogen-bond acceptors (Lipinski definition) is 4. The van der Waals surface area contributed by atoms with Gasteiger partial charge >= 0.3 is 5.97 Å². The number of hydrogen-bond donors (Lipinski definition) is 2. The number of nitrogens with zero attached hydrogens (tertiary/aromatic N) is 1. The molecular weight excluding hydrogens is 202 g/mol. The minimum absolute atomic E-state index is 0.0439. The highest BCUT2D eigenvalue weighted by Crippen LogP contribution is 2.24. The minimum Gasteiger partial charge on any atom is -0.508 e. The number of aliphatic carboxylic acids is 1. The van der Waals surface area contributed by atoms with Crippen molar-refractivity contribution in [1.82, 2.24) is 0 Å². The number of nitro groups is 1. The van der Waals surface area contributed by atoms with E-state index in [9.17, 15) is 14.9 Å². The van der Waals surface area contributed by atoms with E-state index in [0.29, 0.717) is 0 Å². The number of benzene rings is 1. The first-order chi connectivity index (χ1) is 7.00. The largest absolute Gasteiger partial charge is 0.508 e. The number of phenolic OH excluding ortho intramolecular Hbond substituents is 1. The van der Waals surface area contributed by atoms with E-state index in [4.69, 9.17) is 10.2 Å². The van der Waals surface area contributed by atoms with Crippen molar-refractivity contribution < 1.29 is 19.9 Å². The number of phenols is 1. The van der Waals surface area contributed by atoms with Crippen LogP contribution in [0.2, 0.25) is 0 Å². The molecule has 0 aliphatic heterocycles. The predicted octanol–water partition coefficient (Wildman–Crippen LogP) is 1.40. The molecule has 0 unspecified atom stereocenters.